The highest BCUT2D eigenvalue weighted by Crippen LogP contribution is 2.33. The number of carbonyl (C=O) groups is 1. The normalized spacial score (nSPS) is 15.6. The van der Waals surface area contributed by atoms with Crippen LogP contribution in [0, 0.1) is 11.3 Å². The topological polar surface area (TPSA) is 80.9 Å². The van der Waals surface area contributed by atoms with Gasteiger partial charge in [0, 0.05) is 5.56 Å². The van der Waals surface area contributed by atoms with Crippen LogP contribution in [-0.2, 0) is 9.63 Å². The Morgan fingerprint density at radius 1 is 1.50 bits per heavy atom. The van der Waals surface area contributed by atoms with Gasteiger partial charge in [0.05, 0.1) is 18.4 Å². The van der Waals surface area contributed by atoms with Crippen molar-refractivity contribution in [2.45, 2.75) is 6.92 Å². The Kier molecular flexibility index (Phi) is 4.01. The lowest BCUT2D eigenvalue weighted by Crippen LogP contribution is -2.03. The maximum absolute atomic E-state index is 11.5. The summed E-state index contributed by atoms with van der Waals surface area (Å²) in [5.74, 6) is 0.364. The van der Waals surface area contributed by atoms with Gasteiger partial charge in [-0.2, -0.15) is 5.26 Å². The van der Waals surface area contributed by atoms with Crippen LogP contribution in [0.4, 0.5) is 0 Å². The van der Waals surface area contributed by atoms with E-state index < -0.39 is 5.97 Å². The quantitative estimate of drug-likeness (QED) is 0.617. The van der Waals surface area contributed by atoms with Crippen LogP contribution in [0.25, 0.3) is 6.08 Å². The average molecular weight is 272 g/mol. The maximum Gasteiger partial charge on any atom is 0.367 e. The molecule has 2 rings (SSSR count). The van der Waals surface area contributed by atoms with Gasteiger partial charge in [-0.15, -0.1) is 0 Å². The zero-order valence-corrected chi connectivity index (χ0v) is 11.0. The molecule has 0 bridgehead atoms. The van der Waals surface area contributed by atoms with Crippen LogP contribution in [0.3, 0.4) is 0 Å². The molecule has 0 unspecified atom stereocenters. The summed E-state index contributed by atoms with van der Waals surface area (Å²) in [7, 11) is 1.50. The Hall–Kier alpha value is -2.81. The molecular formula is C14H12N2O4. The van der Waals surface area contributed by atoms with Crippen LogP contribution < -0.4 is 9.47 Å². The third-order valence-corrected chi connectivity index (χ3v) is 2.69. The second kappa shape index (κ2) is 5.89. The van der Waals surface area contributed by atoms with Gasteiger partial charge in [-0.05, 0) is 19.1 Å². The van der Waals surface area contributed by atoms with Crippen LogP contribution in [0.5, 0.6) is 11.5 Å². The summed E-state index contributed by atoms with van der Waals surface area (Å²) in [6, 6.07) is 7.12. The lowest BCUT2D eigenvalue weighted by Gasteiger charge is -2.11. The van der Waals surface area contributed by atoms with Gasteiger partial charge < -0.3 is 14.3 Å². The highest BCUT2D eigenvalue weighted by molar-refractivity contribution is 6.24. The molecule has 20 heavy (non-hydrogen) atoms. The Labute approximate surface area is 115 Å². The lowest BCUT2D eigenvalue weighted by atomic mass is 10.1. The second-order valence-corrected chi connectivity index (χ2v) is 3.94. The van der Waals surface area contributed by atoms with Gasteiger partial charge in [0.25, 0.3) is 0 Å². The van der Waals surface area contributed by atoms with E-state index in [0.29, 0.717) is 28.3 Å². The molecule has 0 saturated heterocycles. The summed E-state index contributed by atoms with van der Waals surface area (Å²) >= 11 is 0. The molecule has 6 nitrogen and oxygen atoms in total. The highest BCUT2D eigenvalue weighted by Gasteiger charge is 2.23. The predicted molar refractivity (Wildman–Crippen MR) is 71.3 cm³/mol. The first-order valence-electron chi connectivity index (χ1n) is 5.82. The van der Waals surface area contributed by atoms with Gasteiger partial charge in [0.15, 0.2) is 18.1 Å². The van der Waals surface area contributed by atoms with Crippen LogP contribution in [0.2, 0.25) is 0 Å². The van der Waals surface area contributed by atoms with Crippen molar-refractivity contribution in [1.82, 2.24) is 0 Å². The van der Waals surface area contributed by atoms with Crippen LogP contribution in [0.1, 0.15) is 12.5 Å². The Morgan fingerprint density at radius 3 is 2.90 bits per heavy atom. The minimum atomic E-state index is -0.517. The van der Waals surface area contributed by atoms with Crippen molar-refractivity contribution < 1.29 is 19.1 Å². The smallest absolute Gasteiger partial charge is 0.367 e. The number of hydrogen-bond acceptors (Lipinski definition) is 6. The van der Waals surface area contributed by atoms with E-state index in [1.807, 2.05) is 6.07 Å². The van der Waals surface area contributed by atoms with Gasteiger partial charge in [-0.1, -0.05) is 17.3 Å². The van der Waals surface area contributed by atoms with Crippen molar-refractivity contribution in [1.29, 1.82) is 5.26 Å². The van der Waals surface area contributed by atoms with Crippen molar-refractivity contribution in [3.05, 3.63) is 29.3 Å². The van der Waals surface area contributed by atoms with Gasteiger partial charge >= 0.3 is 5.97 Å². The number of benzene rings is 1. The summed E-state index contributed by atoms with van der Waals surface area (Å²) in [6.07, 6.45) is 1.60. The Balaban J connectivity index is 2.46. The van der Waals surface area contributed by atoms with E-state index >= 15 is 0 Å². The average Bonchev–Trinajstić information content (AvgIpc) is 2.77. The molecule has 102 valence electrons. The van der Waals surface area contributed by atoms with E-state index in [2.05, 4.69) is 9.99 Å². The number of para-hydroxylation sites is 1. The standard InChI is InChI=1S/C14H12N2O4/c1-9-11(14(17)20-16-9)8-10-4-3-5-12(18-2)13(10)19-7-6-15/h3-5,8H,7H2,1-2H3. The summed E-state index contributed by atoms with van der Waals surface area (Å²) in [6.45, 7) is 1.56. The minimum absolute atomic E-state index is 0.117. The van der Waals surface area contributed by atoms with Gasteiger partial charge in [-0.25, -0.2) is 4.79 Å². The van der Waals surface area contributed by atoms with Crippen molar-refractivity contribution in [2.75, 3.05) is 13.7 Å². The number of methoxy groups -OCH3 is 1. The van der Waals surface area contributed by atoms with Crippen molar-refractivity contribution >= 4 is 17.8 Å². The first kappa shape index (κ1) is 13.6. The minimum Gasteiger partial charge on any atom is -0.493 e. The zero-order chi connectivity index (χ0) is 14.5. The highest BCUT2D eigenvalue weighted by atomic mass is 16.7. The van der Waals surface area contributed by atoms with E-state index in [4.69, 9.17) is 14.7 Å². The largest absolute Gasteiger partial charge is 0.493 e. The molecule has 6 heteroatoms. The second-order valence-electron chi connectivity index (χ2n) is 3.94. The number of ether oxygens (including phenoxy) is 2. The van der Waals surface area contributed by atoms with E-state index in [9.17, 15) is 4.79 Å². The third kappa shape index (κ3) is 2.62. The molecule has 0 radical (unpaired) electrons. The SMILES string of the molecule is COc1cccc(C=C2C(=O)ON=C2C)c1OCC#N. The Morgan fingerprint density at radius 2 is 2.30 bits per heavy atom. The lowest BCUT2D eigenvalue weighted by molar-refractivity contribution is -0.136. The van der Waals surface area contributed by atoms with Crippen molar-refractivity contribution in [3.8, 4) is 17.6 Å². The van der Waals surface area contributed by atoms with E-state index in [1.54, 1.807) is 31.2 Å². The summed E-state index contributed by atoms with van der Waals surface area (Å²) in [5.41, 5.74) is 1.45. The molecule has 0 aliphatic carbocycles. The number of nitrogens with zero attached hydrogens (tertiary/aromatic N) is 2. The van der Waals surface area contributed by atoms with Crippen LogP contribution in [0.15, 0.2) is 28.9 Å². The molecule has 0 spiro atoms. The van der Waals surface area contributed by atoms with Gasteiger partial charge in [-0.3, -0.25) is 0 Å². The molecule has 1 aliphatic heterocycles. The van der Waals surface area contributed by atoms with Gasteiger partial charge in [0.2, 0.25) is 0 Å². The summed E-state index contributed by atoms with van der Waals surface area (Å²) in [4.78, 5) is 16.1. The molecule has 0 atom stereocenters. The first-order chi connectivity index (χ1) is 9.67. The van der Waals surface area contributed by atoms with E-state index in [0.717, 1.165) is 0 Å². The molecule has 0 amide bonds. The molecule has 0 aromatic heterocycles. The fourth-order valence-electron chi connectivity index (χ4n) is 1.74. The fraction of sp³-hybridized carbons (Fsp3) is 0.214. The molecule has 1 aromatic carbocycles. The first-order valence-corrected chi connectivity index (χ1v) is 5.82. The molecule has 1 heterocycles. The van der Waals surface area contributed by atoms with E-state index in [1.165, 1.54) is 7.11 Å². The molecular weight excluding hydrogens is 260 g/mol. The number of carbonyl (C=O) groups excluding carboxylic acids is 1. The third-order valence-electron chi connectivity index (χ3n) is 2.69. The fourth-order valence-corrected chi connectivity index (χ4v) is 1.74. The van der Waals surface area contributed by atoms with Crippen molar-refractivity contribution in [3.63, 3.8) is 0 Å². The number of oxime groups is 1. The van der Waals surface area contributed by atoms with E-state index in [-0.39, 0.29) is 6.61 Å². The molecule has 0 saturated carbocycles. The zero-order valence-electron chi connectivity index (χ0n) is 11.0. The molecule has 0 N–H and O–H groups in total. The number of hydrogen-bond donors (Lipinski definition) is 0. The number of nitriles is 1. The maximum atomic E-state index is 11.5. The summed E-state index contributed by atoms with van der Waals surface area (Å²) < 4.78 is 10.6. The van der Waals surface area contributed by atoms with Crippen molar-refractivity contribution in [2.24, 2.45) is 5.16 Å². The van der Waals surface area contributed by atoms with Crippen LogP contribution in [-0.4, -0.2) is 25.4 Å². The molecule has 1 aromatic rings. The monoisotopic (exact) mass is 272 g/mol. The molecule has 0 fully saturated rings. The number of rotatable bonds is 4. The Bertz CT molecular complexity index is 641. The predicted octanol–water partition coefficient (Wildman–Crippen LogP) is 1.91. The summed E-state index contributed by atoms with van der Waals surface area (Å²) in [5, 5.41) is 12.2. The van der Waals surface area contributed by atoms with Gasteiger partial charge in [0.1, 0.15) is 6.07 Å². The van der Waals surface area contributed by atoms with Crippen LogP contribution >= 0.6 is 0 Å². The molecule has 1 aliphatic rings.